The first-order valence-electron chi connectivity index (χ1n) is 9.74. The maximum Gasteiger partial charge on any atom is 0.0725 e. The first kappa shape index (κ1) is 15.3. The van der Waals surface area contributed by atoms with Crippen LogP contribution in [0.2, 0.25) is 0 Å². The molecule has 3 nitrogen and oxygen atoms in total. The Kier molecular flexibility index (Phi) is 3.32. The standard InChI is InChI=1S/C24H22N2O/c1-2-4-23-16(3-1)11-24(25-23)17-5-6-18-12-26(13-20(18)9-17)22-8-7-19-14-27-15-21(19)10-22/h1-10,24-25H,11-15H2. The number of anilines is 2. The second-order valence-electron chi connectivity index (χ2n) is 7.89. The summed E-state index contributed by atoms with van der Waals surface area (Å²) in [5.41, 5.74) is 11.0. The van der Waals surface area contributed by atoms with Crippen molar-refractivity contribution in [3.05, 3.63) is 94.0 Å². The van der Waals surface area contributed by atoms with Crippen LogP contribution in [0.15, 0.2) is 60.7 Å². The second-order valence-corrected chi connectivity index (χ2v) is 7.89. The summed E-state index contributed by atoms with van der Waals surface area (Å²) in [4.78, 5) is 2.48. The van der Waals surface area contributed by atoms with Gasteiger partial charge in [-0.25, -0.2) is 0 Å². The monoisotopic (exact) mass is 354 g/mol. The van der Waals surface area contributed by atoms with Gasteiger partial charge in [-0.15, -0.1) is 0 Å². The molecule has 0 amide bonds. The highest BCUT2D eigenvalue weighted by atomic mass is 16.5. The highest BCUT2D eigenvalue weighted by Crippen LogP contribution is 2.37. The van der Waals surface area contributed by atoms with E-state index in [-0.39, 0.29) is 0 Å². The van der Waals surface area contributed by atoms with Crippen LogP contribution in [0, 0.1) is 0 Å². The van der Waals surface area contributed by atoms with Crippen molar-refractivity contribution in [2.24, 2.45) is 0 Å². The van der Waals surface area contributed by atoms with Crippen molar-refractivity contribution in [1.82, 2.24) is 0 Å². The van der Waals surface area contributed by atoms with Crippen molar-refractivity contribution in [1.29, 1.82) is 0 Å². The predicted molar refractivity (Wildman–Crippen MR) is 108 cm³/mol. The molecule has 3 aliphatic heterocycles. The maximum absolute atomic E-state index is 5.57. The Morgan fingerprint density at radius 3 is 2.59 bits per heavy atom. The van der Waals surface area contributed by atoms with Crippen LogP contribution in [0.5, 0.6) is 0 Å². The van der Waals surface area contributed by atoms with Crippen molar-refractivity contribution < 1.29 is 4.74 Å². The third-order valence-corrected chi connectivity index (χ3v) is 6.20. The Morgan fingerprint density at radius 2 is 1.63 bits per heavy atom. The molecular weight excluding hydrogens is 332 g/mol. The summed E-state index contributed by atoms with van der Waals surface area (Å²) >= 11 is 0. The third kappa shape index (κ3) is 2.54. The molecular formula is C24H22N2O. The second kappa shape index (κ2) is 5.86. The first-order chi connectivity index (χ1) is 13.3. The number of hydrogen-bond donors (Lipinski definition) is 1. The molecule has 1 unspecified atom stereocenters. The Bertz CT molecular complexity index is 1020. The summed E-state index contributed by atoms with van der Waals surface area (Å²) < 4.78 is 5.57. The molecule has 1 N–H and O–H groups in total. The van der Waals surface area contributed by atoms with Gasteiger partial charge in [0, 0.05) is 24.5 Å². The first-order valence-corrected chi connectivity index (χ1v) is 9.74. The van der Waals surface area contributed by atoms with Crippen LogP contribution in [0.4, 0.5) is 11.4 Å². The van der Waals surface area contributed by atoms with E-state index in [2.05, 4.69) is 70.9 Å². The smallest absolute Gasteiger partial charge is 0.0725 e. The molecule has 0 radical (unpaired) electrons. The molecule has 0 saturated heterocycles. The number of ether oxygens (including phenoxy) is 1. The SMILES string of the molecule is c1ccc2c(c1)CC(c1ccc3c(c1)CN(c1ccc4c(c1)COC4)C3)N2. The average Bonchev–Trinajstić information content (AvgIpc) is 3.42. The van der Waals surface area contributed by atoms with Crippen LogP contribution in [0.25, 0.3) is 0 Å². The van der Waals surface area contributed by atoms with Crippen molar-refractivity contribution in [3.63, 3.8) is 0 Å². The normalized spacial score (nSPS) is 19.6. The van der Waals surface area contributed by atoms with E-state index in [9.17, 15) is 0 Å². The lowest BCUT2D eigenvalue weighted by atomic mass is 9.99. The van der Waals surface area contributed by atoms with Gasteiger partial charge in [0.25, 0.3) is 0 Å². The number of benzene rings is 3. The molecule has 0 fully saturated rings. The lowest BCUT2D eigenvalue weighted by Crippen LogP contribution is -2.14. The number of fused-ring (bicyclic) bond motifs is 3. The molecule has 3 aliphatic rings. The Hall–Kier alpha value is -2.78. The molecule has 0 aliphatic carbocycles. The molecule has 0 spiro atoms. The van der Waals surface area contributed by atoms with E-state index in [0.717, 1.165) is 32.7 Å². The van der Waals surface area contributed by atoms with Crippen LogP contribution in [-0.2, 0) is 37.5 Å². The summed E-state index contributed by atoms with van der Waals surface area (Å²) in [5.74, 6) is 0. The molecule has 0 saturated carbocycles. The third-order valence-electron chi connectivity index (χ3n) is 6.20. The minimum atomic E-state index is 0.388. The quantitative estimate of drug-likeness (QED) is 0.705. The van der Waals surface area contributed by atoms with Crippen molar-refractivity contribution in [3.8, 4) is 0 Å². The van der Waals surface area contributed by atoms with Gasteiger partial charge in [0.1, 0.15) is 0 Å². The van der Waals surface area contributed by atoms with E-state index in [1.807, 2.05) is 0 Å². The van der Waals surface area contributed by atoms with Crippen LogP contribution in [0.1, 0.15) is 39.4 Å². The average molecular weight is 354 g/mol. The van der Waals surface area contributed by atoms with Crippen LogP contribution in [0.3, 0.4) is 0 Å². The van der Waals surface area contributed by atoms with Gasteiger partial charge in [-0.2, -0.15) is 0 Å². The van der Waals surface area contributed by atoms with E-state index in [1.54, 1.807) is 0 Å². The summed E-state index contributed by atoms with van der Waals surface area (Å²) in [5, 5.41) is 3.69. The fraction of sp³-hybridized carbons (Fsp3) is 0.250. The van der Waals surface area contributed by atoms with E-state index in [0.29, 0.717) is 6.04 Å². The molecule has 3 aromatic carbocycles. The van der Waals surface area contributed by atoms with Gasteiger partial charge in [-0.3, -0.25) is 0 Å². The zero-order chi connectivity index (χ0) is 17.8. The highest BCUT2D eigenvalue weighted by molar-refractivity contribution is 5.59. The minimum Gasteiger partial charge on any atom is -0.378 e. The number of rotatable bonds is 2. The fourth-order valence-electron chi connectivity index (χ4n) is 4.67. The van der Waals surface area contributed by atoms with Crippen molar-refractivity contribution in [2.75, 3.05) is 10.2 Å². The van der Waals surface area contributed by atoms with Crippen LogP contribution < -0.4 is 10.2 Å². The fourth-order valence-corrected chi connectivity index (χ4v) is 4.67. The van der Waals surface area contributed by atoms with E-state index >= 15 is 0 Å². The molecule has 3 aromatic rings. The van der Waals surface area contributed by atoms with Gasteiger partial charge < -0.3 is 15.0 Å². The van der Waals surface area contributed by atoms with Gasteiger partial charge in [0.05, 0.1) is 19.3 Å². The van der Waals surface area contributed by atoms with E-state index in [1.165, 1.54) is 44.8 Å². The largest absolute Gasteiger partial charge is 0.378 e. The predicted octanol–water partition coefficient (Wildman–Crippen LogP) is 4.95. The number of hydrogen-bond acceptors (Lipinski definition) is 3. The Balaban J connectivity index is 1.25. The Morgan fingerprint density at radius 1 is 0.778 bits per heavy atom. The maximum atomic E-state index is 5.57. The summed E-state index contributed by atoms with van der Waals surface area (Å²) in [6, 6.07) is 22.9. The lowest BCUT2D eigenvalue weighted by molar-refractivity contribution is 0.134. The topological polar surface area (TPSA) is 24.5 Å². The van der Waals surface area contributed by atoms with Crippen molar-refractivity contribution in [2.45, 2.75) is 38.8 Å². The lowest BCUT2D eigenvalue weighted by Gasteiger charge is -2.18. The molecule has 3 heteroatoms. The summed E-state index contributed by atoms with van der Waals surface area (Å²) in [6.07, 6.45) is 1.07. The summed E-state index contributed by atoms with van der Waals surface area (Å²) in [7, 11) is 0. The molecule has 134 valence electrons. The zero-order valence-corrected chi connectivity index (χ0v) is 15.2. The van der Waals surface area contributed by atoms with E-state index < -0.39 is 0 Å². The van der Waals surface area contributed by atoms with E-state index in [4.69, 9.17) is 4.74 Å². The number of nitrogens with one attached hydrogen (secondary N) is 1. The van der Waals surface area contributed by atoms with Crippen LogP contribution >= 0.6 is 0 Å². The van der Waals surface area contributed by atoms with Gasteiger partial charge in [0.2, 0.25) is 0 Å². The van der Waals surface area contributed by atoms with Gasteiger partial charge in [-0.05, 0) is 58.0 Å². The highest BCUT2D eigenvalue weighted by Gasteiger charge is 2.25. The number of para-hydroxylation sites is 1. The minimum absolute atomic E-state index is 0.388. The van der Waals surface area contributed by atoms with Crippen LogP contribution in [-0.4, -0.2) is 0 Å². The molecule has 0 aromatic heterocycles. The molecule has 1 atom stereocenters. The summed E-state index contributed by atoms with van der Waals surface area (Å²) in [6.45, 7) is 3.49. The molecule has 0 bridgehead atoms. The molecule has 6 rings (SSSR count). The zero-order valence-electron chi connectivity index (χ0n) is 15.2. The molecule has 3 heterocycles. The number of nitrogens with zero attached hydrogens (tertiary/aromatic N) is 1. The van der Waals surface area contributed by atoms with Gasteiger partial charge >= 0.3 is 0 Å². The van der Waals surface area contributed by atoms with Gasteiger partial charge in [-0.1, -0.05) is 42.5 Å². The van der Waals surface area contributed by atoms with Crippen molar-refractivity contribution >= 4 is 11.4 Å². The molecule has 27 heavy (non-hydrogen) atoms. The van der Waals surface area contributed by atoms with Gasteiger partial charge in [0.15, 0.2) is 0 Å². The Labute approximate surface area is 159 Å².